The molecule has 0 radical (unpaired) electrons. The fourth-order valence-electron chi connectivity index (χ4n) is 1.33. The molecule has 0 amide bonds. The number of hydrogen-bond donors (Lipinski definition) is 2. The van der Waals surface area contributed by atoms with Gasteiger partial charge in [-0.05, 0) is 13.0 Å². The Kier molecular flexibility index (Phi) is 3.78. The van der Waals surface area contributed by atoms with Crippen molar-refractivity contribution in [3.63, 3.8) is 0 Å². The van der Waals surface area contributed by atoms with Crippen molar-refractivity contribution < 1.29 is 9.90 Å². The van der Waals surface area contributed by atoms with E-state index in [1.807, 2.05) is 12.3 Å². The molecule has 5 nitrogen and oxygen atoms in total. The monoisotopic (exact) mass is 283 g/mol. The third kappa shape index (κ3) is 2.96. The predicted octanol–water partition coefficient (Wildman–Crippen LogP) is 2.81. The second-order valence-electron chi connectivity index (χ2n) is 3.60. The molecule has 0 aliphatic rings. The van der Waals surface area contributed by atoms with Crippen LogP contribution in [-0.2, 0) is 6.54 Å². The fraction of sp³-hybridized carbons (Fsp3) is 0.182. The number of anilines is 1. The molecule has 0 saturated heterocycles. The number of carboxylic acids is 1. The van der Waals surface area contributed by atoms with Gasteiger partial charge in [-0.15, -0.1) is 11.3 Å². The van der Waals surface area contributed by atoms with Crippen LogP contribution >= 0.6 is 22.9 Å². The lowest BCUT2D eigenvalue weighted by atomic mass is 10.3. The molecular formula is C11H10ClN3O2S. The topological polar surface area (TPSA) is 75.1 Å². The van der Waals surface area contributed by atoms with Gasteiger partial charge in [0, 0.05) is 17.3 Å². The third-order valence-electron chi connectivity index (χ3n) is 2.16. The summed E-state index contributed by atoms with van der Waals surface area (Å²) < 4.78 is 0. The van der Waals surface area contributed by atoms with Crippen molar-refractivity contribution in [1.29, 1.82) is 0 Å². The van der Waals surface area contributed by atoms with Gasteiger partial charge in [-0.3, -0.25) is 0 Å². The lowest BCUT2D eigenvalue weighted by Gasteiger charge is -2.06. The average Bonchev–Trinajstić information content (AvgIpc) is 2.73. The number of aromatic nitrogens is 2. The second-order valence-corrected chi connectivity index (χ2v) is 4.95. The fourth-order valence-corrected chi connectivity index (χ4v) is 2.27. The molecule has 0 aromatic carbocycles. The standard InChI is InChI=1S/C11H10ClN3O2S/c1-6-5-18-9(15-6)4-14-10-8(12)2-7(3-13-10)11(16)17/h2-3,5H,4H2,1H3,(H,13,14)(H,16,17). The van der Waals surface area contributed by atoms with Gasteiger partial charge in [0.25, 0.3) is 0 Å². The summed E-state index contributed by atoms with van der Waals surface area (Å²) in [5.74, 6) is -0.596. The third-order valence-corrected chi connectivity index (χ3v) is 3.42. The summed E-state index contributed by atoms with van der Waals surface area (Å²) in [7, 11) is 0. The molecule has 2 aromatic rings. The first-order valence-corrected chi connectivity index (χ1v) is 6.35. The highest BCUT2D eigenvalue weighted by Crippen LogP contribution is 2.21. The molecule has 0 aliphatic carbocycles. The van der Waals surface area contributed by atoms with E-state index < -0.39 is 5.97 Å². The molecular weight excluding hydrogens is 274 g/mol. The van der Waals surface area contributed by atoms with Gasteiger partial charge in [-0.2, -0.15) is 0 Å². The summed E-state index contributed by atoms with van der Waals surface area (Å²) in [5.41, 5.74) is 1.03. The van der Waals surface area contributed by atoms with E-state index in [0.717, 1.165) is 10.7 Å². The molecule has 0 aliphatic heterocycles. The highest BCUT2D eigenvalue weighted by Gasteiger charge is 2.08. The van der Waals surface area contributed by atoms with Crippen molar-refractivity contribution in [1.82, 2.24) is 9.97 Å². The zero-order chi connectivity index (χ0) is 13.1. The average molecular weight is 284 g/mol. The van der Waals surface area contributed by atoms with Crippen LogP contribution in [0.5, 0.6) is 0 Å². The summed E-state index contributed by atoms with van der Waals surface area (Å²) in [6.45, 7) is 2.44. The molecule has 0 unspecified atom stereocenters. The summed E-state index contributed by atoms with van der Waals surface area (Å²) in [4.78, 5) is 19.0. The first-order chi connectivity index (χ1) is 8.56. The van der Waals surface area contributed by atoms with Gasteiger partial charge >= 0.3 is 5.97 Å². The summed E-state index contributed by atoms with van der Waals surface area (Å²) in [6.07, 6.45) is 1.27. The molecule has 2 N–H and O–H groups in total. The normalized spacial score (nSPS) is 10.3. The number of hydrogen-bond acceptors (Lipinski definition) is 5. The highest BCUT2D eigenvalue weighted by atomic mass is 35.5. The van der Waals surface area contributed by atoms with Crippen LogP contribution in [0.4, 0.5) is 5.82 Å². The van der Waals surface area contributed by atoms with Crippen molar-refractivity contribution in [3.05, 3.63) is 38.9 Å². The lowest BCUT2D eigenvalue weighted by Crippen LogP contribution is -2.04. The Morgan fingerprint density at radius 1 is 1.61 bits per heavy atom. The largest absolute Gasteiger partial charge is 0.478 e. The maximum Gasteiger partial charge on any atom is 0.337 e. The van der Waals surface area contributed by atoms with Gasteiger partial charge in [0.1, 0.15) is 10.8 Å². The van der Waals surface area contributed by atoms with Crippen LogP contribution in [0.2, 0.25) is 5.02 Å². The van der Waals surface area contributed by atoms with Crippen molar-refractivity contribution in [2.75, 3.05) is 5.32 Å². The molecule has 18 heavy (non-hydrogen) atoms. The van der Waals surface area contributed by atoms with Crippen LogP contribution in [0.15, 0.2) is 17.6 Å². The van der Waals surface area contributed by atoms with E-state index in [1.54, 1.807) is 11.3 Å². The van der Waals surface area contributed by atoms with E-state index >= 15 is 0 Å². The minimum atomic E-state index is -1.05. The van der Waals surface area contributed by atoms with E-state index in [-0.39, 0.29) is 10.6 Å². The van der Waals surface area contributed by atoms with Crippen molar-refractivity contribution in [2.45, 2.75) is 13.5 Å². The Bertz CT molecular complexity index is 585. The van der Waals surface area contributed by atoms with E-state index in [1.165, 1.54) is 12.3 Å². The van der Waals surface area contributed by atoms with Crippen molar-refractivity contribution in [3.8, 4) is 0 Å². The first-order valence-electron chi connectivity index (χ1n) is 5.10. The molecule has 0 fully saturated rings. The molecule has 0 spiro atoms. The molecule has 2 aromatic heterocycles. The van der Waals surface area contributed by atoms with Gasteiger partial charge < -0.3 is 10.4 Å². The zero-order valence-electron chi connectivity index (χ0n) is 9.48. The molecule has 0 bridgehead atoms. The molecule has 2 rings (SSSR count). The van der Waals surface area contributed by atoms with E-state index in [2.05, 4.69) is 15.3 Å². The number of aryl methyl sites for hydroxylation is 1. The molecule has 0 saturated carbocycles. The van der Waals surface area contributed by atoms with E-state index in [0.29, 0.717) is 12.4 Å². The van der Waals surface area contributed by atoms with Crippen LogP contribution < -0.4 is 5.32 Å². The van der Waals surface area contributed by atoms with Gasteiger partial charge in [0.15, 0.2) is 0 Å². The van der Waals surface area contributed by atoms with Crippen LogP contribution in [0.3, 0.4) is 0 Å². The number of aromatic carboxylic acids is 1. The summed E-state index contributed by atoms with van der Waals surface area (Å²) >= 11 is 7.48. The van der Waals surface area contributed by atoms with Gasteiger partial charge in [0.2, 0.25) is 0 Å². The predicted molar refractivity (Wildman–Crippen MR) is 70.4 cm³/mol. The number of nitrogens with zero attached hydrogens (tertiary/aromatic N) is 2. The molecule has 2 heterocycles. The Hall–Kier alpha value is -1.66. The van der Waals surface area contributed by atoms with Crippen LogP contribution in [0, 0.1) is 6.92 Å². The minimum absolute atomic E-state index is 0.0654. The Morgan fingerprint density at radius 3 is 2.94 bits per heavy atom. The van der Waals surface area contributed by atoms with Crippen LogP contribution in [0.1, 0.15) is 21.1 Å². The summed E-state index contributed by atoms with van der Waals surface area (Å²) in [6, 6.07) is 1.37. The highest BCUT2D eigenvalue weighted by molar-refractivity contribution is 7.09. The number of pyridine rings is 1. The first kappa shape index (κ1) is 12.8. The zero-order valence-corrected chi connectivity index (χ0v) is 11.0. The second kappa shape index (κ2) is 5.32. The van der Waals surface area contributed by atoms with E-state index in [4.69, 9.17) is 16.7 Å². The van der Waals surface area contributed by atoms with Gasteiger partial charge in [-0.25, -0.2) is 14.8 Å². The van der Waals surface area contributed by atoms with Crippen LogP contribution in [-0.4, -0.2) is 21.0 Å². The SMILES string of the molecule is Cc1csc(CNc2ncc(C(=O)O)cc2Cl)n1. The number of rotatable bonds is 4. The Morgan fingerprint density at radius 2 is 2.39 bits per heavy atom. The lowest BCUT2D eigenvalue weighted by molar-refractivity contribution is 0.0696. The molecule has 7 heteroatoms. The number of carboxylic acid groups (broad SMARTS) is 1. The van der Waals surface area contributed by atoms with Crippen LogP contribution in [0.25, 0.3) is 0 Å². The maximum absolute atomic E-state index is 10.7. The Balaban J connectivity index is 2.08. The minimum Gasteiger partial charge on any atom is -0.478 e. The summed E-state index contributed by atoms with van der Waals surface area (Å²) in [5, 5.41) is 15.0. The van der Waals surface area contributed by atoms with Gasteiger partial charge in [-0.1, -0.05) is 11.6 Å². The molecule has 0 atom stereocenters. The maximum atomic E-state index is 10.7. The van der Waals surface area contributed by atoms with Crippen molar-refractivity contribution in [2.24, 2.45) is 0 Å². The Labute approximate surface area is 112 Å². The number of halogens is 1. The quantitative estimate of drug-likeness (QED) is 0.902. The van der Waals surface area contributed by atoms with E-state index in [9.17, 15) is 4.79 Å². The number of thiazole rings is 1. The number of nitrogens with one attached hydrogen (secondary N) is 1. The van der Waals surface area contributed by atoms with Crippen molar-refractivity contribution >= 4 is 34.7 Å². The smallest absolute Gasteiger partial charge is 0.337 e. The molecule has 94 valence electrons. The van der Waals surface area contributed by atoms with Gasteiger partial charge in [0.05, 0.1) is 17.1 Å². The number of carbonyl (C=O) groups is 1.